The number of carbonyl (C=O) groups is 1. The average molecular weight is 304 g/mol. The summed E-state index contributed by atoms with van der Waals surface area (Å²) >= 11 is 0. The maximum atomic E-state index is 12.3. The summed E-state index contributed by atoms with van der Waals surface area (Å²) in [5.74, 6) is 0.429. The smallest absolute Gasteiger partial charge is 0.343 e. The van der Waals surface area contributed by atoms with E-state index < -0.39 is 5.97 Å². The van der Waals surface area contributed by atoms with Crippen LogP contribution in [0.25, 0.3) is 0 Å². The molecule has 0 aliphatic carbocycles. The summed E-state index contributed by atoms with van der Waals surface area (Å²) in [4.78, 5) is 12.3. The number of carbonyl (C=O) groups excluding carboxylic acids is 1. The highest BCUT2D eigenvalue weighted by atomic mass is 16.5. The molecule has 1 rings (SSSR count). The van der Waals surface area contributed by atoms with Crippen molar-refractivity contribution in [2.45, 2.75) is 66.2 Å². The Morgan fingerprint density at radius 1 is 1.05 bits per heavy atom. The Hall–Kier alpha value is -1.77. The zero-order valence-electron chi connectivity index (χ0n) is 15.0. The fraction of sp³-hybridized carbons (Fsp3) is 0.526. The second-order valence-electron chi connectivity index (χ2n) is 7.71. The highest BCUT2D eigenvalue weighted by molar-refractivity contribution is 5.91. The van der Waals surface area contributed by atoms with Crippen LogP contribution >= 0.6 is 0 Å². The van der Waals surface area contributed by atoms with Gasteiger partial charge in [0.2, 0.25) is 0 Å². The number of hydrogen-bond acceptors (Lipinski definition) is 3. The zero-order chi connectivity index (χ0) is 17.3. The molecule has 1 N–H and O–H groups in total. The van der Waals surface area contributed by atoms with Crippen LogP contribution < -0.4 is 0 Å². The molecule has 0 heterocycles. The van der Waals surface area contributed by atoms with Crippen molar-refractivity contribution in [3.63, 3.8) is 0 Å². The van der Waals surface area contributed by atoms with Crippen molar-refractivity contribution in [2.24, 2.45) is 0 Å². The minimum Gasteiger partial charge on any atom is -0.507 e. The Labute approximate surface area is 134 Å². The number of hydrogen-bond donors (Lipinski definition) is 1. The molecule has 0 unspecified atom stereocenters. The van der Waals surface area contributed by atoms with E-state index in [4.69, 9.17) is 4.74 Å². The summed E-state index contributed by atoms with van der Waals surface area (Å²) in [5.41, 5.74) is 1.44. The molecule has 0 amide bonds. The first-order valence-electron chi connectivity index (χ1n) is 7.61. The lowest BCUT2D eigenvalue weighted by atomic mass is 9.78. The van der Waals surface area contributed by atoms with E-state index >= 15 is 0 Å². The van der Waals surface area contributed by atoms with Crippen molar-refractivity contribution in [1.29, 1.82) is 0 Å². The molecule has 0 radical (unpaired) electrons. The van der Waals surface area contributed by atoms with Gasteiger partial charge in [-0.25, -0.2) is 4.79 Å². The van der Waals surface area contributed by atoms with Gasteiger partial charge < -0.3 is 9.84 Å². The van der Waals surface area contributed by atoms with Crippen LogP contribution in [0.2, 0.25) is 0 Å². The van der Waals surface area contributed by atoms with Crippen LogP contribution in [0.3, 0.4) is 0 Å². The van der Waals surface area contributed by atoms with Crippen molar-refractivity contribution in [3.05, 3.63) is 40.7 Å². The van der Waals surface area contributed by atoms with Gasteiger partial charge in [-0.3, -0.25) is 0 Å². The minimum atomic E-state index is -0.397. The Morgan fingerprint density at radius 2 is 1.45 bits per heavy atom. The van der Waals surface area contributed by atoms with E-state index in [1.54, 1.807) is 25.1 Å². The van der Waals surface area contributed by atoms with Crippen molar-refractivity contribution in [3.8, 4) is 5.75 Å². The van der Waals surface area contributed by atoms with Gasteiger partial charge in [0.1, 0.15) is 11.5 Å². The average Bonchev–Trinajstić information content (AvgIpc) is 2.35. The summed E-state index contributed by atoms with van der Waals surface area (Å²) in [6.07, 6.45) is 1.74. The molecule has 3 nitrogen and oxygen atoms in total. The molecule has 1 aromatic rings. The first kappa shape index (κ1) is 18.3. The van der Waals surface area contributed by atoms with Gasteiger partial charge in [-0.2, -0.15) is 0 Å². The van der Waals surface area contributed by atoms with Crippen LogP contribution in [0.15, 0.2) is 24.0 Å². The van der Waals surface area contributed by atoms with Crippen LogP contribution in [0.1, 0.15) is 76.9 Å². The van der Waals surface area contributed by atoms with Crippen molar-refractivity contribution >= 4 is 5.97 Å². The maximum Gasteiger partial charge on any atom is 0.343 e. The molecular weight excluding hydrogens is 276 g/mol. The largest absolute Gasteiger partial charge is 0.507 e. The number of ether oxygens (including phenoxy) is 1. The number of allylic oxidation sites excluding steroid dienone is 2. The Kier molecular flexibility index (Phi) is 5.11. The predicted molar refractivity (Wildman–Crippen MR) is 90.4 cm³/mol. The van der Waals surface area contributed by atoms with Gasteiger partial charge in [0.05, 0.1) is 5.56 Å². The van der Waals surface area contributed by atoms with Crippen LogP contribution in [0.5, 0.6) is 5.75 Å². The lowest BCUT2D eigenvalue weighted by Crippen LogP contribution is -2.19. The summed E-state index contributed by atoms with van der Waals surface area (Å²) in [6.45, 7) is 15.7. The molecule has 22 heavy (non-hydrogen) atoms. The summed E-state index contributed by atoms with van der Waals surface area (Å²) < 4.78 is 5.30. The van der Waals surface area contributed by atoms with Gasteiger partial charge in [0.25, 0.3) is 0 Å². The lowest BCUT2D eigenvalue weighted by molar-refractivity contribution is 0.0625. The Balaban J connectivity index is 3.51. The quantitative estimate of drug-likeness (QED) is 0.613. The van der Waals surface area contributed by atoms with E-state index in [1.165, 1.54) is 0 Å². The van der Waals surface area contributed by atoms with Crippen LogP contribution in [0, 0.1) is 0 Å². The third kappa shape index (κ3) is 4.12. The molecule has 0 fully saturated rings. The summed E-state index contributed by atoms with van der Waals surface area (Å²) in [7, 11) is 0. The molecule has 0 aromatic heterocycles. The number of esters is 1. The number of phenolic OH excluding ortho intramolecular Hbond substituents is 1. The van der Waals surface area contributed by atoms with Gasteiger partial charge in [0.15, 0.2) is 0 Å². The molecule has 0 aliphatic heterocycles. The number of benzene rings is 1. The lowest BCUT2D eigenvalue weighted by Gasteiger charge is -2.27. The van der Waals surface area contributed by atoms with E-state index in [-0.39, 0.29) is 16.6 Å². The standard InChI is InChI=1S/C19H28O3/c1-9-12(2)22-17(21)13-10-14(18(3,4)5)16(20)15(11-13)19(6,7)8/h9-11,20H,1-8H3/b12-9+. The van der Waals surface area contributed by atoms with E-state index in [9.17, 15) is 9.90 Å². The van der Waals surface area contributed by atoms with Crippen LogP contribution in [-0.4, -0.2) is 11.1 Å². The highest BCUT2D eigenvalue weighted by Crippen LogP contribution is 2.39. The Morgan fingerprint density at radius 3 is 1.77 bits per heavy atom. The number of aromatic hydroxyl groups is 1. The molecule has 122 valence electrons. The van der Waals surface area contributed by atoms with Crippen molar-refractivity contribution < 1.29 is 14.6 Å². The maximum absolute atomic E-state index is 12.3. The fourth-order valence-electron chi connectivity index (χ4n) is 2.16. The first-order valence-corrected chi connectivity index (χ1v) is 7.61. The molecule has 0 atom stereocenters. The highest BCUT2D eigenvalue weighted by Gasteiger charge is 2.28. The van der Waals surface area contributed by atoms with Crippen LogP contribution in [-0.2, 0) is 15.6 Å². The fourth-order valence-corrected chi connectivity index (χ4v) is 2.16. The first-order chi connectivity index (χ1) is 9.87. The van der Waals surface area contributed by atoms with E-state index in [1.807, 2.05) is 48.5 Å². The van der Waals surface area contributed by atoms with E-state index in [0.717, 1.165) is 11.1 Å². The number of rotatable bonds is 2. The van der Waals surface area contributed by atoms with E-state index in [2.05, 4.69) is 0 Å². The minimum absolute atomic E-state index is 0.263. The predicted octanol–water partition coefficient (Wildman–Crippen LogP) is 5.07. The third-order valence-corrected chi connectivity index (χ3v) is 3.62. The molecule has 0 spiro atoms. The van der Waals surface area contributed by atoms with Gasteiger partial charge in [-0.1, -0.05) is 41.5 Å². The molecule has 3 heteroatoms. The topological polar surface area (TPSA) is 46.5 Å². The summed E-state index contributed by atoms with van der Waals surface area (Å²) in [5, 5.41) is 10.6. The monoisotopic (exact) mass is 304 g/mol. The molecule has 0 saturated carbocycles. The zero-order valence-corrected chi connectivity index (χ0v) is 15.0. The van der Waals surface area contributed by atoms with Crippen molar-refractivity contribution in [2.75, 3.05) is 0 Å². The second kappa shape index (κ2) is 6.15. The van der Waals surface area contributed by atoms with Gasteiger partial charge in [-0.15, -0.1) is 0 Å². The molecule has 1 aromatic carbocycles. The number of phenols is 1. The van der Waals surface area contributed by atoms with Crippen molar-refractivity contribution in [1.82, 2.24) is 0 Å². The third-order valence-electron chi connectivity index (χ3n) is 3.62. The van der Waals surface area contributed by atoms with E-state index in [0.29, 0.717) is 11.3 Å². The van der Waals surface area contributed by atoms with Gasteiger partial charge in [-0.05, 0) is 42.9 Å². The van der Waals surface area contributed by atoms with Gasteiger partial charge in [0, 0.05) is 11.1 Å². The molecule has 0 aliphatic rings. The molecular formula is C19H28O3. The second-order valence-corrected chi connectivity index (χ2v) is 7.71. The molecule has 0 bridgehead atoms. The Bertz CT molecular complexity index is 561. The SMILES string of the molecule is C/C=C(\C)OC(=O)c1cc(C(C)(C)C)c(O)c(C(C)(C)C)c1. The van der Waals surface area contributed by atoms with Crippen LogP contribution in [0.4, 0.5) is 0 Å². The molecule has 0 saturated heterocycles. The summed E-state index contributed by atoms with van der Waals surface area (Å²) in [6, 6.07) is 3.46. The normalized spacial score (nSPS) is 13.2. The van der Waals surface area contributed by atoms with Gasteiger partial charge >= 0.3 is 5.97 Å².